The molecule has 3 atom stereocenters. The second-order valence-corrected chi connectivity index (χ2v) is 7.70. The van der Waals surface area contributed by atoms with Crippen molar-refractivity contribution in [1.29, 1.82) is 0 Å². The van der Waals surface area contributed by atoms with E-state index in [1.807, 2.05) is 0 Å². The van der Waals surface area contributed by atoms with E-state index in [4.69, 9.17) is 4.74 Å². The molecule has 2 aromatic rings. The van der Waals surface area contributed by atoms with Crippen LogP contribution in [0.25, 0.3) is 0 Å². The van der Waals surface area contributed by atoms with Gasteiger partial charge in [-0.3, -0.25) is 9.89 Å². The zero-order valence-electron chi connectivity index (χ0n) is 17.3. The number of H-pyrrole nitrogens is 1. The number of carbonyl (C=O) groups excluding carboxylic acids is 2. The number of anilines is 1. The number of aromatic amines is 1. The van der Waals surface area contributed by atoms with E-state index >= 15 is 0 Å². The van der Waals surface area contributed by atoms with Crippen LogP contribution in [0, 0.1) is 0 Å². The molecule has 0 radical (unpaired) electrons. The summed E-state index contributed by atoms with van der Waals surface area (Å²) in [5.74, 6) is -0.0469. The van der Waals surface area contributed by atoms with Gasteiger partial charge in [0.2, 0.25) is 0 Å². The summed E-state index contributed by atoms with van der Waals surface area (Å²) in [6, 6.07) is 0.687. The van der Waals surface area contributed by atoms with E-state index in [1.165, 1.54) is 24.9 Å². The second kappa shape index (κ2) is 8.94. The van der Waals surface area contributed by atoms with E-state index < -0.39 is 36.7 Å². The Morgan fingerprint density at radius 2 is 2.16 bits per heavy atom. The first-order valence-electron chi connectivity index (χ1n) is 9.75. The number of rotatable bonds is 6. The lowest BCUT2D eigenvalue weighted by molar-refractivity contribution is -0.144. The fourth-order valence-corrected chi connectivity index (χ4v) is 3.49. The Morgan fingerprint density at radius 3 is 2.81 bits per heavy atom. The molecule has 0 aliphatic heterocycles. The second-order valence-electron chi connectivity index (χ2n) is 7.70. The molecule has 2 N–H and O–H groups in total. The van der Waals surface area contributed by atoms with E-state index in [9.17, 15) is 22.8 Å². The van der Waals surface area contributed by atoms with Crippen molar-refractivity contribution in [3.63, 3.8) is 0 Å². The monoisotopic (exact) mass is 443 g/mol. The zero-order chi connectivity index (χ0) is 22.8. The van der Waals surface area contributed by atoms with Crippen molar-refractivity contribution < 1.29 is 27.5 Å². The highest BCUT2D eigenvalue weighted by molar-refractivity contribution is 6.02. The van der Waals surface area contributed by atoms with Gasteiger partial charge in [0.1, 0.15) is 11.8 Å². The SMILES string of the molecule is CC(CC(F)(F)F)N(C)C(=O)O[C@@H]1CC[C@H](c2cc(NC(=O)c3cnnn3C)n[nH]2)C1. The lowest BCUT2D eigenvalue weighted by atomic mass is 10.0. The van der Waals surface area contributed by atoms with Crippen molar-refractivity contribution in [1.82, 2.24) is 30.1 Å². The van der Waals surface area contributed by atoms with Crippen molar-refractivity contribution in [2.75, 3.05) is 12.4 Å². The minimum atomic E-state index is -4.35. The number of aryl methyl sites for hydroxylation is 1. The number of aromatic nitrogens is 5. The Hall–Kier alpha value is -3.12. The lowest BCUT2D eigenvalue weighted by Gasteiger charge is -2.26. The summed E-state index contributed by atoms with van der Waals surface area (Å²) >= 11 is 0. The number of carbonyl (C=O) groups is 2. The maximum absolute atomic E-state index is 12.5. The number of hydrogen-bond donors (Lipinski definition) is 2. The molecule has 31 heavy (non-hydrogen) atoms. The molecular weight excluding hydrogens is 419 g/mol. The molecule has 3 rings (SSSR count). The Labute approximate surface area is 176 Å². The molecular formula is C18H24F3N7O3. The van der Waals surface area contributed by atoms with Crippen LogP contribution in [-0.2, 0) is 11.8 Å². The maximum Gasteiger partial charge on any atom is 0.410 e. The molecule has 13 heteroatoms. The molecule has 2 aromatic heterocycles. The van der Waals surface area contributed by atoms with Gasteiger partial charge in [-0.1, -0.05) is 5.21 Å². The fourth-order valence-electron chi connectivity index (χ4n) is 3.49. The Morgan fingerprint density at radius 1 is 1.42 bits per heavy atom. The minimum absolute atomic E-state index is 0.0206. The third-order valence-electron chi connectivity index (χ3n) is 5.35. The van der Waals surface area contributed by atoms with Gasteiger partial charge in [0.05, 0.1) is 12.6 Å². The summed E-state index contributed by atoms with van der Waals surface area (Å²) in [5, 5.41) is 17.0. The van der Waals surface area contributed by atoms with Crippen LogP contribution >= 0.6 is 0 Å². The molecule has 2 amide bonds. The van der Waals surface area contributed by atoms with E-state index in [-0.39, 0.29) is 11.6 Å². The third-order valence-corrected chi connectivity index (χ3v) is 5.35. The molecule has 2 heterocycles. The fraction of sp³-hybridized carbons (Fsp3) is 0.611. The quantitative estimate of drug-likeness (QED) is 0.709. The predicted molar refractivity (Wildman–Crippen MR) is 102 cm³/mol. The maximum atomic E-state index is 12.5. The molecule has 10 nitrogen and oxygen atoms in total. The smallest absolute Gasteiger partial charge is 0.410 e. The number of halogens is 3. The van der Waals surface area contributed by atoms with E-state index in [1.54, 1.807) is 13.1 Å². The number of alkyl halides is 3. The largest absolute Gasteiger partial charge is 0.446 e. The molecule has 1 aliphatic rings. The third kappa shape index (κ3) is 5.73. The van der Waals surface area contributed by atoms with Crippen LogP contribution in [0.15, 0.2) is 12.3 Å². The number of amides is 2. The molecule has 1 fully saturated rings. The van der Waals surface area contributed by atoms with E-state index in [2.05, 4.69) is 25.8 Å². The average molecular weight is 443 g/mol. The van der Waals surface area contributed by atoms with E-state index in [0.29, 0.717) is 25.1 Å². The molecule has 0 spiro atoms. The van der Waals surface area contributed by atoms with Gasteiger partial charge in [-0.15, -0.1) is 5.10 Å². The molecule has 170 valence electrons. The molecule has 0 saturated heterocycles. The highest BCUT2D eigenvalue weighted by Gasteiger charge is 2.35. The summed E-state index contributed by atoms with van der Waals surface area (Å²) in [6.45, 7) is 1.33. The summed E-state index contributed by atoms with van der Waals surface area (Å²) in [5.41, 5.74) is 1.05. The number of nitrogens with zero attached hydrogens (tertiary/aromatic N) is 5. The van der Waals surface area contributed by atoms with Gasteiger partial charge >= 0.3 is 12.3 Å². The highest BCUT2D eigenvalue weighted by atomic mass is 19.4. The van der Waals surface area contributed by atoms with Crippen LogP contribution in [0.3, 0.4) is 0 Å². The molecule has 0 bridgehead atoms. The highest BCUT2D eigenvalue weighted by Crippen LogP contribution is 2.36. The molecule has 1 aliphatic carbocycles. The number of nitrogens with one attached hydrogen (secondary N) is 2. The van der Waals surface area contributed by atoms with Crippen LogP contribution in [0.4, 0.5) is 23.8 Å². The number of ether oxygens (including phenoxy) is 1. The van der Waals surface area contributed by atoms with Gasteiger partial charge in [-0.05, 0) is 26.2 Å². The molecule has 1 saturated carbocycles. The van der Waals surface area contributed by atoms with Crippen molar-refractivity contribution >= 4 is 17.8 Å². The number of hydrogen-bond acceptors (Lipinski definition) is 6. The van der Waals surface area contributed by atoms with Crippen molar-refractivity contribution in [3.8, 4) is 0 Å². The first-order valence-corrected chi connectivity index (χ1v) is 9.75. The summed E-state index contributed by atoms with van der Waals surface area (Å²) < 4.78 is 44.3. The normalized spacial score (nSPS) is 19.8. The van der Waals surface area contributed by atoms with Gasteiger partial charge in [0.15, 0.2) is 5.82 Å². The molecule has 0 aromatic carbocycles. The predicted octanol–water partition coefficient (Wildman–Crippen LogP) is 2.84. The van der Waals surface area contributed by atoms with Crippen LogP contribution in [0.2, 0.25) is 0 Å². The summed E-state index contributed by atoms with van der Waals surface area (Å²) in [7, 11) is 2.89. The first kappa shape index (κ1) is 22.6. The van der Waals surface area contributed by atoms with Crippen LogP contribution in [0.5, 0.6) is 0 Å². The molecule has 1 unspecified atom stereocenters. The van der Waals surface area contributed by atoms with Crippen molar-refractivity contribution in [2.24, 2.45) is 7.05 Å². The van der Waals surface area contributed by atoms with Crippen LogP contribution in [-0.4, -0.2) is 67.5 Å². The Balaban J connectivity index is 1.51. The van der Waals surface area contributed by atoms with Gasteiger partial charge in [0.25, 0.3) is 5.91 Å². The standard InChI is InChI=1S/C18H24F3N7O3/c1-10(8-18(19,20)21)27(2)17(30)31-12-5-4-11(6-12)13-7-15(25-24-13)23-16(29)14-9-22-26-28(14)3/h7,9-12H,4-6,8H2,1-3H3,(H2,23,24,25,29)/t10?,11-,12+/m0/s1. The first-order chi connectivity index (χ1) is 14.5. The Kier molecular flexibility index (Phi) is 6.51. The van der Waals surface area contributed by atoms with Crippen LogP contribution in [0.1, 0.15) is 54.7 Å². The lowest BCUT2D eigenvalue weighted by Crippen LogP contribution is -2.39. The van der Waals surface area contributed by atoms with Gasteiger partial charge in [-0.2, -0.15) is 18.3 Å². The van der Waals surface area contributed by atoms with Gasteiger partial charge < -0.3 is 15.0 Å². The summed E-state index contributed by atoms with van der Waals surface area (Å²) in [4.78, 5) is 25.4. The van der Waals surface area contributed by atoms with Crippen molar-refractivity contribution in [2.45, 2.75) is 56.8 Å². The minimum Gasteiger partial charge on any atom is -0.446 e. The van der Waals surface area contributed by atoms with Gasteiger partial charge in [0, 0.05) is 37.8 Å². The van der Waals surface area contributed by atoms with E-state index in [0.717, 1.165) is 10.6 Å². The topological polar surface area (TPSA) is 118 Å². The van der Waals surface area contributed by atoms with Crippen molar-refractivity contribution in [3.05, 3.63) is 23.7 Å². The average Bonchev–Trinajstić information content (AvgIpc) is 3.40. The summed E-state index contributed by atoms with van der Waals surface area (Å²) in [6.07, 6.45) is -3.48. The van der Waals surface area contributed by atoms with Gasteiger partial charge in [-0.25, -0.2) is 9.48 Å². The zero-order valence-corrected chi connectivity index (χ0v) is 17.3. The van der Waals surface area contributed by atoms with Crippen LogP contribution < -0.4 is 5.32 Å². The Bertz CT molecular complexity index is 927.